The fraction of sp³-hybridized carbons (Fsp3) is 0.200. The zero-order valence-corrected chi connectivity index (χ0v) is 11.6. The number of rotatable bonds is 2. The van der Waals surface area contributed by atoms with Gasteiger partial charge in [0.1, 0.15) is 5.69 Å². The van der Waals surface area contributed by atoms with Gasteiger partial charge in [-0.15, -0.1) is 4.73 Å². The van der Waals surface area contributed by atoms with Gasteiger partial charge in [-0.05, 0) is 19.9 Å². The molecule has 0 bridgehead atoms. The Labute approximate surface area is 119 Å². The summed E-state index contributed by atoms with van der Waals surface area (Å²) in [5.74, 6) is -0.518. The molecule has 3 aromatic rings. The molecule has 0 spiro atoms. The van der Waals surface area contributed by atoms with Crippen molar-refractivity contribution < 1.29 is 14.7 Å². The van der Waals surface area contributed by atoms with E-state index in [9.17, 15) is 14.8 Å². The molecule has 1 aromatic carbocycles. The molecule has 0 saturated carbocycles. The van der Waals surface area contributed by atoms with Crippen molar-refractivity contribution in [3.63, 3.8) is 0 Å². The number of carbonyl (C=O) groups excluding carboxylic acids is 1. The first-order valence-electron chi connectivity index (χ1n) is 6.58. The maximum atomic E-state index is 12.3. The summed E-state index contributed by atoms with van der Waals surface area (Å²) >= 11 is 0. The van der Waals surface area contributed by atoms with Crippen LogP contribution in [0.1, 0.15) is 23.1 Å². The summed E-state index contributed by atoms with van der Waals surface area (Å²) in [6.07, 6.45) is 0. The summed E-state index contributed by atoms with van der Waals surface area (Å²) in [5, 5.41) is 11.4. The first kappa shape index (κ1) is 13.2. The van der Waals surface area contributed by atoms with Gasteiger partial charge in [0.05, 0.1) is 17.5 Å². The molecule has 2 aromatic heterocycles. The highest BCUT2D eigenvalue weighted by atomic mass is 16.5. The second kappa shape index (κ2) is 4.66. The molecule has 0 aliphatic rings. The number of hydrogen-bond donors (Lipinski definition) is 2. The lowest BCUT2D eigenvalue weighted by Crippen LogP contribution is -2.18. The van der Waals surface area contributed by atoms with Crippen LogP contribution in [0.3, 0.4) is 0 Å². The maximum Gasteiger partial charge on any atom is 0.355 e. The molecule has 0 unspecified atom stereocenters. The summed E-state index contributed by atoms with van der Waals surface area (Å²) < 4.78 is 5.63. The van der Waals surface area contributed by atoms with Crippen LogP contribution in [0.2, 0.25) is 0 Å². The zero-order valence-electron chi connectivity index (χ0n) is 11.6. The number of H-pyrrole nitrogens is 1. The Kier molecular flexibility index (Phi) is 2.94. The first-order chi connectivity index (χ1) is 10.1. The van der Waals surface area contributed by atoms with E-state index in [1.807, 2.05) is 0 Å². The van der Waals surface area contributed by atoms with E-state index >= 15 is 0 Å². The first-order valence-corrected chi connectivity index (χ1v) is 6.58. The summed E-state index contributed by atoms with van der Waals surface area (Å²) in [5.41, 5.74) is 0.539. The number of esters is 1. The van der Waals surface area contributed by atoms with Gasteiger partial charge in [0.2, 0.25) is 0 Å². The number of nitrogens with one attached hydrogen (secondary N) is 1. The molecule has 108 valence electrons. The Morgan fingerprint density at radius 3 is 2.76 bits per heavy atom. The third kappa shape index (κ3) is 1.79. The number of pyridine rings is 1. The average molecular weight is 286 g/mol. The molecule has 21 heavy (non-hydrogen) atoms. The van der Waals surface area contributed by atoms with E-state index in [0.717, 1.165) is 0 Å². The normalized spacial score (nSPS) is 11.1. The molecule has 0 radical (unpaired) electrons. The SMILES string of the molecule is CCOC(=O)c1[nH]c(C)c2c(=O)n(O)c3ccccc3c12. The molecule has 0 amide bonds. The smallest absolute Gasteiger partial charge is 0.355 e. The molecule has 0 aliphatic heterocycles. The molecule has 0 atom stereocenters. The van der Waals surface area contributed by atoms with Gasteiger partial charge in [-0.25, -0.2) is 4.79 Å². The van der Waals surface area contributed by atoms with Gasteiger partial charge in [-0.1, -0.05) is 18.2 Å². The van der Waals surface area contributed by atoms with E-state index in [4.69, 9.17) is 4.74 Å². The monoisotopic (exact) mass is 286 g/mol. The Bertz CT molecular complexity index is 921. The lowest BCUT2D eigenvalue weighted by atomic mass is 10.1. The van der Waals surface area contributed by atoms with Crippen molar-refractivity contribution in [2.24, 2.45) is 0 Å². The second-order valence-electron chi connectivity index (χ2n) is 4.73. The fourth-order valence-corrected chi connectivity index (χ4v) is 2.60. The van der Waals surface area contributed by atoms with Crippen LogP contribution >= 0.6 is 0 Å². The topological polar surface area (TPSA) is 84.3 Å². The van der Waals surface area contributed by atoms with Crippen molar-refractivity contribution in [2.45, 2.75) is 13.8 Å². The highest BCUT2D eigenvalue weighted by molar-refractivity contribution is 6.15. The summed E-state index contributed by atoms with van der Waals surface area (Å²) in [6.45, 7) is 3.64. The molecule has 2 N–H and O–H groups in total. The molecule has 0 saturated heterocycles. The third-order valence-electron chi connectivity index (χ3n) is 3.47. The number of benzene rings is 1. The van der Waals surface area contributed by atoms with E-state index < -0.39 is 11.5 Å². The van der Waals surface area contributed by atoms with Gasteiger partial charge in [-0.3, -0.25) is 4.79 Å². The van der Waals surface area contributed by atoms with Crippen molar-refractivity contribution in [1.29, 1.82) is 0 Å². The highest BCUT2D eigenvalue weighted by Gasteiger charge is 2.22. The van der Waals surface area contributed by atoms with Crippen LogP contribution in [0.25, 0.3) is 21.7 Å². The van der Waals surface area contributed by atoms with E-state index in [-0.39, 0.29) is 12.3 Å². The van der Waals surface area contributed by atoms with Crippen LogP contribution < -0.4 is 5.56 Å². The van der Waals surface area contributed by atoms with Gasteiger partial charge in [0, 0.05) is 16.5 Å². The van der Waals surface area contributed by atoms with Crippen molar-refractivity contribution in [3.05, 3.63) is 46.0 Å². The quantitative estimate of drug-likeness (QED) is 0.558. The van der Waals surface area contributed by atoms with E-state index in [1.165, 1.54) is 0 Å². The molecular weight excluding hydrogens is 272 g/mol. The average Bonchev–Trinajstić information content (AvgIpc) is 2.83. The minimum absolute atomic E-state index is 0.234. The maximum absolute atomic E-state index is 12.3. The van der Waals surface area contributed by atoms with Gasteiger partial charge >= 0.3 is 5.97 Å². The van der Waals surface area contributed by atoms with Crippen LogP contribution in [0.4, 0.5) is 0 Å². The number of ether oxygens (including phenoxy) is 1. The van der Waals surface area contributed by atoms with E-state index in [0.29, 0.717) is 32.1 Å². The summed E-state index contributed by atoms with van der Waals surface area (Å²) in [7, 11) is 0. The van der Waals surface area contributed by atoms with Crippen LogP contribution in [-0.2, 0) is 4.74 Å². The minimum Gasteiger partial charge on any atom is -0.461 e. The van der Waals surface area contributed by atoms with Gasteiger partial charge in [-0.2, -0.15) is 0 Å². The second-order valence-corrected chi connectivity index (χ2v) is 4.73. The predicted octanol–water partition coefficient (Wildman–Crippen LogP) is 2.21. The lowest BCUT2D eigenvalue weighted by Gasteiger charge is -2.06. The largest absolute Gasteiger partial charge is 0.461 e. The molecule has 6 nitrogen and oxygen atoms in total. The number of carbonyl (C=O) groups is 1. The Hall–Kier alpha value is -2.76. The summed E-state index contributed by atoms with van der Waals surface area (Å²) in [4.78, 5) is 27.3. The molecule has 2 heterocycles. The van der Waals surface area contributed by atoms with Crippen LogP contribution in [-0.4, -0.2) is 27.5 Å². The van der Waals surface area contributed by atoms with Crippen molar-refractivity contribution in [3.8, 4) is 0 Å². The Balaban J connectivity index is 2.54. The molecule has 3 rings (SSSR count). The molecule has 6 heteroatoms. The number of para-hydroxylation sites is 1. The zero-order chi connectivity index (χ0) is 15.1. The number of hydrogen-bond acceptors (Lipinski definition) is 4. The van der Waals surface area contributed by atoms with Crippen LogP contribution in [0.5, 0.6) is 0 Å². The molecular formula is C15H14N2O4. The third-order valence-corrected chi connectivity index (χ3v) is 3.47. The molecule has 0 aliphatic carbocycles. The lowest BCUT2D eigenvalue weighted by molar-refractivity contribution is 0.0522. The Morgan fingerprint density at radius 2 is 2.05 bits per heavy atom. The van der Waals surface area contributed by atoms with Crippen molar-refractivity contribution in [1.82, 2.24) is 9.71 Å². The number of fused-ring (bicyclic) bond motifs is 3. The van der Waals surface area contributed by atoms with Crippen LogP contribution in [0.15, 0.2) is 29.1 Å². The van der Waals surface area contributed by atoms with E-state index in [2.05, 4.69) is 4.98 Å². The number of aromatic nitrogens is 2. The van der Waals surface area contributed by atoms with Gasteiger partial charge < -0.3 is 14.9 Å². The standard InChI is InChI=1S/C15H14N2O4/c1-3-21-15(19)13-12-9-6-4-5-7-10(9)17(20)14(18)11(12)8(2)16-13/h4-7,16,20H,3H2,1-2H3. The highest BCUT2D eigenvalue weighted by Crippen LogP contribution is 2.28. The van der Waals surface area contributed by atoms with Crippen molar-refractivity contribution >= 4 is 27.6 Å². The fourth-order valence-electron chi connectivity index (χ4n) is 2.60. The number of aryl methyl sites for hydroxylation is 1. The van der Waals surface area contributed by atoms with Gasteiger partial charge in [0.15, 0.2) is 0 Å². The van der Waals surface area contributed by atoms with Crippen molar-refractivity contribution in [2.75, 3.05) is 6.61 Å². The summed E-state index contributed by atoms with van der Waals surface area (Å²) in [6, 6.07) is 6.86. The number of nitrogens with zero attached hydrogens (tertiary/aromatic N) is 1. The minimum atomic E-state index is -0.562. The molecule has 0 fully saturated rings. The Morgan fingerprint density at radius 1 is 1.33 bits per heavy atom. The van der Waals surface area contributed by atoms with Gasteiger partial charge in [0.25, 0.3) is 5.56 Å². The van der Waals surface area contributed by atoms with Crippen LogP contribution in [0, 0.1) is 6.92 Å². The predicted molar refractivity (Wildman–Crippen MR) is 77.9 cm³/mol. The van der Waals surface area contributed by atoms with E-state index in [1.54, 1.807) is 38.1 Å². The number of aromatic amines is 1.